The second kappa shape index (κ2) is 9.72. The highest BCUT2D eigenvalue weighted by atomic mass is 16.5. The second-order valence-corrected chi connectivity index (χ2v) is 6.45. The van der Waals surface area contributed by atoms with Crippen LogP contribution in [-0.2, 0) is 9.47 Å². The molecule has 7 heteroatoms. The molecule has 1 fully saturated rings. The number of piperazine rings is 1. The Kier molecular flexibility index (Phi) is 7.64. The molecule has 1 aromatic rings. The maximum Gasteiger partial charge on any atom is 0.248 e. The van der Waals surface area contributed by atoms with Crippen LogP contribution < -0.4 is 10.6 Å². The molecule has 1 heterocycles. The van der Waals surface area contributed by atoms with Gasteiger partial charge in [0.05, 0.1) is 25.4 Å². The van der Waals surface area contributed by atoms with Gasteiger partial charge in [0.25, 0.3) is 0 Å². The first-order valence-corrected chi connectivity index (χ1v) is 8.65. The number of hydrogen-bond donors (Lipinski definition) is 2. The molecule has 1 aromatic carbocycles. The lowest BCUT2D eigenvalue weighted by atomic mass is 10.1. The van der Waals surface area contributed by atoms with Crippen molar-refractivity contribution in [3.63, 3.8) is 0 Å². The van der Waals surface area contributed by atoms with Gasteiger partial charge in [-0.05, 0) is 31.2 Å². The number of aliphatic hydroxyl groups is 1. The highest BCUT2D eigenvalue weighted by molar-refractivity contribution is 5.93. The smallest absolute Gasteiger partial charge is 0.248 e. The van der Waals surface area contributed by atoms with Crippen LogP contribution in [0.25, 0.3) is 0 Å². The number of nitrogens with two attached hydrogens (primary N) is 1. The summed E-state index contributed by atoms with van der Waals surface area (Å²) in [7, 11) is 1.64. The molecule has 0 saturated carbocycles. The Bertz CT molecular complexity index is 530. The summed E-state index contributed by atoms with van der Waals surface area (Å²) >= 11 is 0. The van der Waals surface area contributed by atoms with Crippen LogP contribution in [0.4, 0.5) is 5.69 Å². The number of nitrogens with zero attached hydrogens (tertiary/aromatic N) is 2. The van der Waals surface area contributed by atoms with Crippen LogP contribution in [-0.4, -0.2) is 81.2 Å². The molecule has 0 aliphatic carbocycles. The lowest BCUT2D eigenvalue weighted by Gasteiger charge is -2.37. The summed E-state index contributed by atoms with van der Waals surface area (Å²) in [6, 6.07) is 7.36. The van der Waals surface area contributed by atoms with Crippen LogP contribution in [0.3, 0.4) is 0 Å². The van der Waals surface area contributed by atoms with Gasteiger partial charge in [-0.25, -0.2) is 0 Å². The first kappa shape index (κ1) is 19.7. The van der Waals surface area contributed by atoms with Gasteiger partial charge in [-0.2, -0.15) is 0 Å². The molecule has 140 valence electrons. The quantitative estimate of drug-likeness (QED) is 0.666. The van der Waals surface area contributed by atoms with E-state index in [0.717, 1.165) is 31.9 Å². The van der Waals surface area contributed by atoms with Crippen LogP contribution >= 0.6 is 0 Å². The third-order valence-corrected chi connectivity index (χ3v) is 4.33. The van der Waals surface area contributed by atoms with Crippen molar-refractivity contribution in [2.75, 3.05) is 57.9 Å². The Morgan fingerprint density at radius 2 is 1.84 bits per heavy atom. The zero-order valence-electron chi connectivity index (χ0n) is 15.1. The van der Waals surface area contributed by atoms with E-state index in [1.807, 2.05) is 19.1 Å². The predicted octanol–water partition coefficient (Wildman–Crippen LogP) is 0.320. The molecule has 7 nitrogen and oxygen atoms in total. The van der Waals surface area contributed by atoms with Gasteiger partial charge in [0.15, 0.2) is 0 Å². The zero-order chi connectivity index (χ0) is 18.2. The van der Waals surface area contributed by atoms with E-state index in [1.54, 1.807) is 19.2 Å². The minimum Gasteiger partial charge on any atom is -0.389 e. The lowest BCUT2D eigenvalue weighted by molar-refractivity contribution is -0.0399. The molecule has 2 rings (SSSR count). The molecular formula is C18H29N3O4. The van der Waals surface area contributed by atoms with E-state index in [0.29, 0.717) is 25.3 Å². The number of β-amino-alcohol motifs (C(OH)–C–C–N with tert-alkyl or cyclic N) is 1. The highest BCUT2D eigenvalue weighted by Gasteiger charge is 2.20. The van der Waals surface area contributed by atoms with Crippen molar-refractivity contribution in [1.82, 2.24) is 4.90 Å². The third kappa shape index (κ3) is 6.28. The molecular weight excluding hydrogens is 322 g/mol. The standard InChI is InChI=1S/C18H29N3O4/c1-14(12-24-2)25-13-17(22)11-20-7-9-21(10-8-20)16-5-3-15(4-6-16)18(19)23/h3-6,14,17,22H,7-13H2,1-2H3,(H2,19,23)/t14-,17+/m1/s1. The number of rotatable bonds is 9. The van der Waals surface area contributed by atoms with E-state index in [-0.39, 0.29) is 6.10 Å². The highest BCUT2D eigenvalue weighted by Crippen LogP contribution is 2.17. The summed E-state index contributed by atoms with van der Waals surface area (Å²) < 4.78 is 10.6. The number of benzene rings is 1. The Hall–Kier alpha value is -1.67. The van der Waals surface area contributed by atoms with Gasteiger partial charge in [-0.3, -0.25) is 9.69 Å². The van der Waals surface area contributed by atoms with E-state index >= 15 is 0 Å². The number of carbonyl (C=O) groups excluding carboxylic acids is 1. The summed E-state index contributed by atoms with van der Waals surface area (Å²) in [5.74, 6) is -0.410. The topological polar surface area (TPSA) is 88.3 Å². The predicted molar refractivity (Wildman–Crippen MR) is 96.9 cm³/mol. The van der Waals surface area contributed by atoms with Gasteiger partial charge >= 0.3 is 0 Å². The van der Waals surface area contributed by atoms with E-state index in [9.17, 15) is 9.90 Å². The van der Waals surface area contributed by atoms with Gasteiger partial charge < -0.3 is 25.2 Å². The Balaban J connectivity index is 1.73. The first-order valence-electron chi connectivity index (χ1n) is 8.65. The van der Waals surface area contributed by atoms with Gasteiger partial charge in [0.1, 0.15) is 0 Å². The molecule has 1 aliphatic rings. The summed E-state index contributed by atoms with van der Waals surface area (Å²) in [6.45, 7) is 6.89. The number of ether oxygens (including phenoxy) is 2. The minimum absolute atomic E-state index is 0.0140. The minimum atomic E-state index is -0.499. The number of aliphatic hydroxyl groups excluding tert-OH is 1. The fourth-order valence-corrected chi connectivity index (χ4v) is 2.93. The van der Waals surface area contributed by atoms with Gasteiger partial charge in [-0.1, -0.05) is 0 Å². The largest absolute Gasteiger partial charge is 0.389 e. The van der Waals surface area contributed by atoms with E-state index in [2.05, 4.69) is 9.80 Å². The molecule has 0 radical (unpaired) electrons. The summed E-state index contributed by atoms with van der Waals surface area (Å²) in [5, 5.41) is 10.1. The van der Waals surface area contributed by atoms with E-state index in [4.69, 9.17) is 15.2 Å². The van der Waals surface area contributed by atoms with Crippen LogP contribution in [0.5, 0.6) is 0 Å². The SMILES string of the molecule is COC[C@@H](C)OC[C@@H](O)CN1CCN(c2ccc(C(N)=O)cc2)CC1. The molecule has 2 atom stereocenters. The van der Waals surface area contributed by atoms with Crippen molar-refractivity contribution in [2.24, 2.45) is 5.73 Å². The summed E-state index contributed by atoms with van der Waals surface area (Å²) in [5.41, 5.74) is 6.87. The normalized spacial score (nSPS) is 18.1. The Morgan fingerprint density at radius 1 is 1.20 bits per heavy atom. The van der Waals surface area contributed by atoms with Crippen LogP contribution in [0.1, 0.15) is 17.3 Å². The second-order valence-electron chi connectivity index (χ2n) is 6.45. The van der Waals surface area contributed by atoms with Gasteiger partial charge in [0, 0.05) is 51.1 Å². The monoisotopic (exact) mass is 351 g/mol. The zero-order valence-corrected chi connectivity index (χ0v) is 15.1. The molecule has 0 unspecified atom stereocenters. The van der Waals surface area contributed by atoms with E-state index in [1.165, 1.54) is 0 Å². The molecule has 0 bridgehead atoms. The van der Waals surface area contributed by atoms with Crippen molar-refractivity contribution in [1.29, 1.82) is 0 Å². The van der Waals surface area contributed by atoms with Crippen LogP contribution in [0.15, 0.2) is 24.3 Å². The molecule has 0 spiro atoms. The molecule has 1 amide bonds. The fraction of sp³-hybridized carbons (Fsp3) is 0.611. The number of anilines is 1. The number of hydrogen-bond acceptors (Lipinski definition) is 6. The average Bonchev–Trinajstić information content (AvgIpc) is 2.61. The Labute approximate surface area is 149 Å². The summed E-state index contributed by atoms with van der Waals surface area (Å²) in [6.07, 6.45) is -0.513. The van der Waals surface area contributed by atoms with Crippen molar-refractivity contribution >= 4 is 11.6 Å². The fourth-order valence-electron chi connectivity index (χ4n) is 2.93. The lowest BCUT2D eigenvalue weighted by Crippen LogP contribution is -2.49. The van der Waals surface area contributed by atoms with Crippen molar-refractivity contribution in [2.45, 2.75) is 19.1 Å². The number of primary amides is 1. The average molecular weight is 351 g/mol. The molecule has 0 aromatic heterocycles. The van der Waals surface area contributed by atoms with Crippen LogP contribution in [0, 0.1) is 0 Å². The Morgan fingerprint density at radius 3 is 2.40 bits per heavy atom. The van der Waals surface area contributed by atoms with Gasteiger partial charge in [0.2, 0.25) is 5.91 Å². The molecule has 3 N–H and O–H groups in total. The van der Waals surface area contributed by atoms with Crippen molar-refractivity contribution in [3.05, 3.63) is 29.8 Å². The number of methoxy groups -OCH3 is 1. The summed E-state index contributed by atoms with van der Waals surface area (Å²) in [4.78, 5) is 15.6. The van der Waals surface area contributed by atoms with Crippen molar-refractivity contribution < 1.29 is 19.4 Å². The van der Waals surface area contributed by atoms with Crippen LogP contribution in [0.2, 0.25) is 0 Å². The van der Waals surface area contributed by atoms with Gasteiger partial charge in [-0.15, -0.1) is 0 Å². The van der Waals surface area contributed by atoms with Crippen molar-refractivity contribution in [3.8, 4) is 0 Å². The molecule has 25 heavy (non-hydrogen) atoms. The molecule has 1 aliphatic heterocycles. The third-order valence-electron chi connectivity index (χ3n) is 4.33. The maximum atomic E-state index is 11.1. The molecule has 1 saturated heterocycles. The number of carbonyl (C=O) groups is 1. The first-order chi connectivity index (χ1) is 12.0. The van der Waals surface area contributed by atoms with E-state index < -0.39 is 12.0 Å². The number of amides is 1. The maximum absolute atomic E-state index is 11.1.